The molecule has 1 aliphatic rings. The Kier molecular flexibility index (Phi) is 5.48. The minimum Gasteiger partial charge on any atom is -0.368 e. The maximum absolute atomic E-state index is 11.9. The monoisotopic (exact) mass is 263 g/mol. The highest BCUT2D eigenvalue weighted by atomic mass is 79.9. The summed E-state index contributed by atoms with van der Waals surface area (Å²) < 4.78 is 5.46. The molecule has 1 rings (SSSR count). The number of hydrogen-bond donors (Lipinski definition) is 0. The highest BCUT2D eigenvalue weighted by Crippen LogP contribution is 2.15. The van der Waals surface area contributed by atoms with Crippen molar-refractivity contribution in [2.24, 2.45) is 0 Å². The topological polar surface area (TPSA) is 29.5 Å². The number of likely N-dealkylation sites (N-methyl/N-ethyl adjacent to an activating group) is 1. The van der Waals surface area contributed by atoms with Crippen LogP contribution in [-0.4, -0.2) is 41.9 Å². The maximum atomic E-state index is 11.9. The zero-order chi connectivity index (χ0) is 10.4. The molecule has 4 heteroatoms. The van der Waals surface area contributed by atoms with Gasteiger partial charge in [-0.15, -0.1) is 0 Å². The van der Waals surface area contributed by atoms with Gasteiger partial charge in [-0.25, -0.2) is 0 Å². The van der Waals surface area contributed by atoms with Crippen LogP contribution in [0, 0.1) is 0 Å². The first-order valence-corrected chi connectivity index (χ1v) is 6.38. The number of ether oxygens (including phenoxy) is 1. The van der Waals surface area contributed by atoms with Crippen LogP contribution in [0.5, 0.6) is 0 Å². The van der Waals surface area contributed by atoms with Gasteiger partial charge in [-0.3, -0.25) is 4.79 Å². The molecule has 1 unspecified atom stereocenters. The van der Waals surface area contributed by atoms with Crippen LogP contribution < -0.4 is 0 Å². The molecule has 0 saturated carbocycles. The molecule has 1 heterocycles. The number of halogens is 1. The summed E-state index contributed by atoms with van der Waals surface area (Å²) in [6.07, 6.45) is 2.91. The Morgan fingerprint density at radius 3 is 2.86 bits per heavy atom. The summed E-state index contributed by atoms with van der Waals surface area (Å²) >= 11 is 3.35. The molecule has 0 N–H and O–H groups in total. The lowest BCUT2D eigenvalue weighted by Gasteiger charge is -2.28. The van der Waals surface area contributed by atoms with Crippen molar-refractivity contribution in [1.82, 2.24) is 4.90 Å². The number of rotatable bonds is 4. The largest absolute Gasteiger partial charge is 0.368 e. The van der Waals surface area contributed by atoms with Gasteiger partial charge in [0, 0.05) is 25.0 Å². The van der Waals surface area contributed by atoms with E-state index in [2.05, 4.69) is 15.9 Å². The van der Waals surface area contributed by atoms with Gasteiger partial charge >= 0.3 is 0 Å². The summed E-state index contributed by atoms with van der Waals surface area (Å²) in [5, 5.41) is 0.833. The van der Waals surface area contributed by atoms with Crippen molar-refractivity contribution in [3.8, 4) is 0 Å². The molecule has 1 atom stereocenters. The fraction of sp³-hybridized carbons (Fsp3) is 0.900. The second kappa shape index (κ2) is 6.40. The van der Waals surface area contributed by atoms with Crippen molar-refractivity contribution < 1.29 is 9.53 Å². The van der Waals surface area contributed by atoms with Crippen LogP contribution in [0.2, 0.25) is 0 Å². The van der Waals surface area contributed by atoms with Gasteiger partial charge in [0.2, 0.25) is 0 Å². The molecular formula is C10H18BrNO2. The van der Waals surface area contributed by atoms with Gasteiger partial charge in [0.05, 0.1) is 0 Å². The molecular weight excluding hydrogens is 246 g/mol. The van der Waals surface area contributed by atoms with Crippen molar-refractivity contribution in [2.45, 2.75) is 32.3 Å². The van der Waals surface area contributed by atoms with E-state index in [9.17, 15) is 4.79 Å². The third-order valence-corrected chi connectivity index (χ3v) is 2.86. The first-order chi connectivity index (χ1) is 6.79. The first-order valence-electron chi connectivity index (χ1n) is 5.26. The van der Waals surface area contributed by atoms with E-state index < -0.39 is 0 Å². The molecule has 0 radical (unpaired) electrons. The van der Waals surface area contributed by atoms with E-state index in [0.717, 1.165) is 44.3 Å². The SMILES string of the molecule is CCN(CCBr)C(=O)C1CCCCO1. The van der Waals surface area contributed by atoms with Gasteiger partial charge in [0.25, 0.3) is 5.91 Å². The molecule has 0 bridgehead atoms. The number of alkyl halides is 1. The zero-order valence-electron chi connectivity index (χ0n) is 8.67. The third kappa shape index (κ3) is 3.24. The lowest BCUT2D eigenvalue weighted by atomic mass is 10.1. The summed E-state index contributed by atoms with van der Waals surface area (Å²) in [5.74, 6) is 0.159. The highest BCUT2D eigenvalue weighted by Gasteiger charge is 2.25. The van der Waals surface area contributed by atoms with Crippen molar-refractivity contribution >= 4 is 21.8 Å². The number of carbonyl (C=O) groups is 1. The summed E-state index contributed by atoms with van der Waals surface area (Å²) in [6, 6.07) is 0. The number of amides is 1. The second-order valence-corrected chi connectivity index (χ2v) is 4.26. The van der Waals surface area contributed by atoms with Crippen LogP contribution in [-0.2, 0) is 9.53 Å². The van der Waals surface area contributed by atoms with Crippen LogP contribution in [0.3, 0.4) is 0 Å². The van der Waals surface area contributed by atoms with Crippen molar-refractivity contribution in [3.05, 3.63) is 0 Å². The van der Waals surface area contributed by atoms with E-state index in [-0.39, 0.29) is 12.0 Å². The van der Waals surface area contributed by atoms with Gasteiger partial charge < -0.3 is 9.64 Å². The van der Waals surface area contributed by atoms with E-state index in [1.807, 2.05) is 11.8 Å². The van der Waals surface area contributed by atoms with Crippen LogP contribution in [0.25, 0.3) is 0 Å². The number of carbonyl (C=O) groups excluding carboxylic acids is 1. The Hall–Kier alpha value is -0.0900. The van der Waals surface area contributed by atoms with E-state index in [1.54, 1.807) is 0 Å². The molecule has 1 aliphatic heterocycles. The van der Waals surface area contributed by atoms with Crippen molar-refractivity contribution in [3.63, 3.8) is 0 Å². The number of hydrogen-bond acceptors (Lipinski definition) is 2. The van der Waals surface area contributed by atoms with Crippen LogP contribution in [0.4, 0.5) is 0 Å². The summed E-state index contributed by atoms with van der Waals surface area (Å²) in [7, 11) is 0. The molecule has 1 fully saturated rings. The molecule has 1 amide bonds. The van der Waals surface area contributed by atoms with Gasteiger partial charge in [0.1, 0.15) is 6.10 Å². The molecule has 0 aromatic heterocycles. The molecule has 0 aromatic rings. The first kappa shape index (κ1) is 12.0. The average molecular weight is 264 g/mol. The Balaban J connectivity index is 2.43. The van der Waals surface area contributed by atoms with Crippen molar-refractivity contribution in [2.75, 3.05) is 25.0 Å². The molecule has 82 valence electrons. The zero-order valence-corrected chi connectivity index (χ0v) is 10.3. The van der Waals surface area contributed by atoms with E-state index in [1.165, 1.54) is 0 Å². The number of nitrogens with zero attached hydrogens (tertiary/aromatic N) is 1. The fourth-order valence-corrected chi connectivity index (χ4v) is 2.09. The highest BCUT2D eigenvalue weighted by molar-refractivity contribution is 9.09. The Bertz CT molecular complexity index is 174. The van der Waals surface area contributed by atoms with Gasteiger partial charge in [-0.05, 0) is 26.2 Å². The molecule has 14 heavy (non-hydrogen) atoms. The Labute approximate surface area is 93.9 Å². The predicted octanol–water partition coefficient (Wildman–Crippen LogP) is 1.80. The molecule has 3 nitrogen and oxygen atoms in total. The third-order valence-electron chi connectivity index (χ3n) is 2.50. The van der Waals surface area contributed by atoms with Gasteiger partial charge in [0.15, 0.2) is 0 Å². The quantitative estimate of drug-likeness (QED) is 0.725. The summed E-state index contributed by atoms with van der Waals surface area (Å²) in [6.45, 7) is 4.28. The fourth-order valence-electron chi connectivity index (χ4n) is 1.67. The lowest BCUT2D eigenvalue weighted by Crippen LogP contribution is -2.42. The van der Waals surface area contributed by atoms with Crippen LogP contribution >= 0.6 is 15.9 Å². The van der Waals surface area contributed by atoms with E-state index in [0.29, 0.717) is 0 Å². The average Bonchev–Trinajstić information content (AvgIpc) is 2.26. The van der Waals surface area contributed by atoms with E-state index >= 15 is 0 Å². The van der Waals surface area contributed by atoms with Crippen molar-refractivity contribution in [1.29, 1.82) is 0 Å². The normalized spacial score (nSPS) is 22.0. The standard InChI is InChI=1S/C10H18BrNO2/c1-2-12(7-6-11)10(13)9-5-3-4-8-14-9/h9H,2-8H2,1H3. The van der Waals surface area contributed by atoms with Crippen LogP contribution in [0.1, 0.15) is 26.2 Å². The molecule has 0 aliphatic carbocycles. The minimum absolute atomic E-state index is 0.159. The maximum Gasteiger partial charge on any atom is 0.251 e. The Morgan fingerprint density at radius 2 is 2.36 bits per heavy atom. The van der Waals surface area contributed by atoms with Gasteiger partial charge in [-0.1, -0.05) is 15.9 Å². The molecule has 0 spiro atoms. The minimum atomic E-state index is -0.178. The van der Waals surface area contributed by atoms with Crippen LogP contribution in [0.15, 0.2) is 0 Å². The molecule has 1 saturated heterocycles. The smallest absolute Gasteiger partial charge is 0.251 e. The predicted molar refractivity (Wildman–Crippen MR) is 59.6 cm³/mol. The lowest BCUT2D eigenvalue weighted by molar-refractivity contribution is -0.146. The van der Waals surface area contributed by atoms with E-state index in [4.69, 9.17) is 4.74 Å². The van der Waals surface area contributed by atoms with Gasteiger partial charge in [-0.2, -0.15) is 0 Å². The summed E-state index contributed by atoms with van der Waals surface area (Å²) in [4.78, 5) is 13.8. The second-order valence-electron chi connectivity index (χ2n) is 3.46. The molecule has 0 aromatic carbocycles. The summed E-state index contributed by atoms with van der Waals surface area (Å²) in [5.41, 5.74) is 0. The Morgan fingerprint density at radius 1 is 1.57 bits per heavy atom.